The maximum Gasteiger partial charge on any atom is 0.491 e. The summed E-state index contributed by atoms with van der Waals surface area (Å²) in [4.78, 5) is 43.8. The highest BCUT2D eigenvalue weighted by Crippen LogP contribution is 2.25. The number of hydrogen-bond donors (Lipinski definition) is 1. The lowest BCUT2D eigenvalue weighted by Gasteiger charge is -2.36. The van der Waals surface area contributed by atoms with E-state index in [1.807, 2.05) is 18.2 Å². The molecule has 1 aromatic carbocycles. The number of imidazole rings is 1. The average molecular weight is 504 g/mol. The van der Waals surface area contributed by atoms with E-state index in [9.17, 15) is 27.6 Å². The van der Waals surface area contributed by atoms with E-state index in [-0.39, 0.29) is 43.3 Å². The van der Waals surface area contributed by atoms with Gasteiger partial charge in [-0.25, -0.2) is 9.59 Å². The van der Waals surface area contributed by atoms with Gasteiger partial charge in [0.1, 0.15) is 0 Å². The number of esters is 1. The molecule has 1 aliphatic heterocycles. The Balaban J connectivity index is 1.92. The van der Waals surface area contributed by atoms with Gasteiger partial charge in [0.05, 0.1) is 19.6 Å². The molecule has 1 fully saturated rings. The molecule has 190 valence electrons. The Kier molecular flexibility index (Phi) is 6.89. The molecule has 1 saturated heterocycles. The van der Waals surface area contributed by atoms with Crippen molar-refractivity contribution in [1.82, 2.24) is 24.0 Å². The number of nitrogens with one attached hydrogen (secondary N) is 1. The van der Waals surface area contributed by atoms with Gasteiger partial charge in [-0.05, 0) is 12.5 Å². The third-order valence-corrected chi connectivity index (χ3v) is 5.73. The lowest BCUT2D eigenvalue weighted by Crippen LogP contribution is -2.55. The first-order chi connectivity index (χ1) is 17.1. The molecular weight excluding hydrogens is 481 g/mol. The van der Waals surface area contributed by atoms with E-state index in [2.05, 4.69) is 22.1 Å². The van der Waals surface area contributed by atoms with Crippen LogP contribution in [-0.2, 0) is 29.7 Å². The number of ether oxygens (including phenoxy) is 1. The summed E-state index contributed by atoms with van der Waals surface area (Å²) in [5.41, 5.74) is -0.336. The zero-order valence-corrected chi connectivity index (χ0v) is 19.5. The summed E-state index contributed by atoms with van der Waals surface area (Å²) in [6.45, 7) is 2.07. The molecule has 1 atom stereocenters. The highest BCUT2D eigenvalue weighted by atomic mass is 19.4. The van der Waals surface area contributed by atoms with Gasteiger partial charge in [0.2, 0.25) is 5.95 Å². The van der Waals surface area contributed by atoms with Gasteiger partial charge in [-0.3, -0.25) is 18.5 Å². The molecule has 10 nitrogen and oxygen atoms in total. The minimum Gasteiger partial charge on any atom is -0.433 e. The van der Waals surface area contributed by atoms with E-state index >= 15 is 0 Å². The molecule has 13 heteroatoms. The molecule has 0 amide bonds. The van der Waals surface area contributed by atoms with Crippen molar-refractivity contribution in [3.05, 3.63) is 56.7 Å². The van der Waals surface area contributed by atoms with Gasteiger partial charge >= 0.3 is 17.8 Å². The number of fused-ring (bicyclic) bond motifs is 1. The second-order valence-corrected chi connectivity index (χ2v) is 8.07. The minimum absolute atomic E-state index is 0.0228. The first kappa shape index (κ1) is 25.1. The second kappa shape index (κ2) is 9.90. The van der Waals surface area contributed by atoms with Crippen molar-refractivity contribution in [1.29, 1.82) is 0 Å². The Morgan fingerprint density at radius 1 is 1.22 bits per heavy atom. The number of nitrogens with zero attached hydrogens (tertiary/aromatic N) is 5. The smallest absolute Gasteiger partial charge is 0.433 e. The van der Waals surface area contributed by atoms with Gasteiger partial charge in [-0.1, -0.05) is 36.3 Å². The molecule has 0 saturated carbocycles. The maximum atomic E-state index is 13.2. The van der Waals surface area contributed by atoms with E-state index in [0.29, 0.717) is 6.54 Å². The molecule has 0 aliphatic carbocycles. The average Bonchev–Trinajstić information content (AvgIpc) is 3.23. The number of halogens is 3. The Morgan fingerprint density at radius 2 is 1.94 bits per heavy atom. The van der Waals surface area contributed by atoms with E-state index in [1.54, 1.807) is 19.1 Å². The molecule has 1 N–H and O–H groups in total. The molecule has 2 aromatic heterocycles. The summed E-state index contributed by atoms with van der Waals surface area (Å²) in [6.07, 6.45) is -6.53. The Hall–Kier alpha value is -4.05. The van der Waals surface area contributed by atoms with Gasteiger partial charge in [0.25, 0.3) is 5.56 Å². The third kappa shape index (κ3) is 4.72. The zero-order chi connectivity index (χ0) is 26.0. The molecular formula is C23H23F3N6O4. The van der Waals surface area contributed by atoms with Crippen LogP contribution in [0, 0.1) is 11.8 Å². The fraction of sp³-hybridized carbons (Fsp3) is 0.391. The van der Waals surface area contributed by atoms with Crippen LogP contribution >= 0.6 is 0 Å². The SMILES string of the molecule is CC#CCn1c(N2CCNCC2OC(=O)C(F)(F)F)nc2c1c(=O)n(C)c(=O)n2Cc1ccccc1. The van der Waals surface area contributed by atoms with Crippen molar-refractivity contribution in [3.8, 4) is 11.8 Å². The second-order valence-electron chi connectivity index (χ2n) is 8.07. The zero-order valence-electron chi connectivity index (χ0n) is 19.5. The largest absolute Gasteiger partial charge is 0.491 e. The van der Waals surface area contributed by atoms with E-state index in [4.69, 9.17) is 4.74 Å². The van der Waals surface area contributed by atoms with Gasteiger partial charge in [-0.2, -0.15) is 18.2 Å². The topological polar surface area (TPSA) is 103 Å². The van der Waals surface area contributed by atoms with Gasteiger partial charge < -0.3 is 15.0 Å². The fourth-order valence-corrected chi connectivity index (χ4v) is 3.98. The van der Waals surface area contributed by atoms with Gasteiger partial charge in [0, 0.05) is 20.1 Å². The molecule has 4 rings (SSSR count). The Morgan fingerprint density at radius 3 is 2.61 bits per heavy atom. The molecule has 1 unspecified atom stereocenters. The number of carbonyl (C=O) groups is 1. The van der Waals surface area contributed by atoms with E-state index in [0.717, 1.165) is 10.1 Å². The van der Waals surface area contributed by atoms with Crippen molar-refractivity contribution in [3.63, 3.8) is 0 Å². The number of carbonyl (C=O) groups excluding carboxylic acids is 1. The quantitative estimate of drug-likeness (QED) is 0.405. The normalized spacial score (nSPS) is 16.0. The van der Waals surface area contributed by atoms with Crippen molar-refractivity contribution in [2.24, 2.45) is 7.05 Å². The Bertz CT molecular complexity index is 1460. The maximum absolute atomic E-state index is 13.2. The summed E-state index contributed by atoms with van der Waals surface area (Å²) < 4.78 is 47.2. The van der Waals surface area contributed by atoms with Crippen molar-refractivity contribution >= 4 is 23.1 Å². The molecule has 36 heavy (non-hydrogen) atoms. The van der Waals surface area contributed by atoms with Crippen LogP contribution in [0.2, 0.25) is 0 Å². The van der Waals surface area contributed by atoms with Crippen molar-refractivity contribution < 1.29 is 22.7 Å². The summed E-state index contributed by atoms with van der Waals surface area (Å²) >= 11 is 0. The molecule has 0 spiro atoms. The lowest BCUT2D eigenvalue weighted by atomic mass is 10.2. The van der Waals surface area contributed by atoms with E-state index in [1.165, 1.54) is 21.1 Å². The number of alkyl halides is 3. The summed E-state index contributed by atoms with van der Waals surface area (Å²) in [5.74, 6) is 3.29. The van der Waals surface area contributed by atoms with Crippen LogP contribution in [0.25, 0.3) is 11.2 Å². The van der Waals surface area contributed by atoms with Crippen LogP contribution in [0.1, 0.15) is 12.5 Å². The third-order valence-electron chi connectivity index (χ3n) is 5.73. The lowest BCUT2D eigenvalue weighted by molar-refractivity contribution is -0.205. The predicted molar refractivity (Wildman–Crippen MR) is 124 cm³/mol. The van der Waals surface area contributed by atoms with Crippen LogP contribution in [-0.4, -0.2) is 56.7 Å². The molecule has 1 aliphatic rings. The number of piperazine rings is 1. The number of aromatic nitrogens is 4. The summed E-state index contributed by atoms with van der Waals surface area (Å²) in [6, 6.07) is 9.06. The van der Waals surface area contributed by atoms with Gasteiger partial charge in [-0.15, -0.1) is 5.92 Å². The number of anilines is 1. The van der Waals surface area contributed by atoms with Crippen molar-refractivity contribution in [2.45, 2.75) is 32.4 Å². The molecule has 3 heterocycles. The minimum atomic E-state index is -5.18. The number of rotatable bonds is 5. The van der Waals surface area contributed by atoms with Crippen molar-refractivity contribution in [2.75, 3.05) is 24.5 Å². The summed E-state index contributed by atoms with van der Waals surface area (Å²) in [7, 11) is 1.34. The van der Waals surface area contributed by atoms with Crippen LogP contribution in [0.5, 0.6) is 0 Å². The standard InChI is InChI=1S/C23H23F3N6O4/c1-3-4-11-31-17-18(32(22(35)29(2)19(17)33)14-15-8-6-5-7-9-15)28-21(31)30-12-10-27-13-16(30)36-20(34)23(24,25)26/h5-9,16,27H,10-14H2,1-2H3. The van der Waals surface area contributed by atoms with E-state index < -0.39 is 29.6 Å². The van der Waals surface area contributed by atoms with Crippen LogP contribution in [0.15, 0.2) is 39.9 Å². The first-order valence-electron chi connectivity index (χ1n) is 11.0. The van der Waals surface area contributed by atoms with Crippen LogP contribution < -0.4 is 21.5 Å². The fourth-order valence-electron chi connectivity index (χ4n) is 3.98. The van der Waals surface area contributed by atoms with Crippen LogP contribution in [0.3, 0.4) is 0 Å². The molecule has 0 radical (unpaired) electrons. The number of benzene rings is 1. The highest BCUT2D eigenvalue weighted by molar-refractivity contribution is 5.77. The highest BCUT2D eigenvalue weighted by Gasteiger charge is 2.44. The monoisotopic (exact) mass is 504 g/mol. The Labute approximate surface area is 202 Å². The molecule has 0 bridgehead atoms. The number of hydrogen-bond acceptors (Lipinski definition) is 7. The predicted octanol–water partition coefficient (Wildman–Crippen LogP) is 0.810. The summed E-state index contributed by atoms with van der Waals surface area (Å²) in [5, 5.41) is 2.89. The molecule has 3 aromatic rings. The van der Waals surface area contributed by atoms with Crippen LogP contribution in [0.4, 0.5) is 19.1 Å². The van der Waals surface area contributed by atoms with Gasteiger partial charge in [0.15, 0.2) is 17.4 Å². The first-order valence-corrected chi connectivity index (χ1v) is 11.0.